The van der Waals surface area contributed by atoms with Gasteiger partial charge in [-0.2, -0.15) is 0 Å². The molecular weight excluding hydrogens is 288 g/mol. The molecule has 0 saturated heterocycles. The average molecular weight is 306 g/mol. The molecule has 3 aromatic rings. The average Bonchev–Trinajstić information content (AvgIpc) is 2.59. The zero-order chi connectivity index (χ0) is 16.1. The number of aryl methyl sites for hydroxylation is 1. The van der Waals surface area contributed by atoms with Gasteiger partial charge in [-0.25, -0.2) is 4.79 Å². The van der Waals surface area contributed by atoms with Crippen LogP contribution in [0.4, 0.5) is 0 Å². The highest BCUT2D eigenvalue weighted by atomic mass is 16.5. The highest BCUT2D eigenvalue weighted by molar-refractivity contribution is 6.05. The van der Waals surface area contributed by atoms with Gasteiger partial charge in [0, 0.05) is 6.61 Å². The van der Waals surface area contributed by atoms with Gasteiger partial charge >= 0.3 is 5.97 Å². The number of carbonyl (C=O) groups excluding carboxylic acids is 1. The molecule has 0 amide bonds. The summed E-state index contributed by atoms with van der Waals surface area (Å²) in [5, 5.41) is 10.8. The zero-order valence-corrected chi connectivity index (χ0v) is 12.7. The van der Waals surface area contributed by atoms with Gasteiger partial charge in [0.1, 0.15) is 5.75 Å². The van der Waals surface area contributed by atoms with Crippen LogP contribution in [0.25, 0.3) is 10.8 Å². The normalized spacial score (nSPS) is 10.7. The number of aliphatic hydroxyl groups excluding tert-OH is 1. The van der Waals surface area contributed by atoms with Gasteiger partial charge in [0.05, 0.1) is 5.56 Å². The van der Waals surface area contributed by atoms with Crippen molar-refractivity contribution in [2.75, 3.05) is 6.61 Å². The minimum absolute atomic E-state index is 0.153. The Labute approximate surface area is 135 Å². The van der Waals surface area contributed by atoms with Crippen LogP contribution in [0.15, 0.2) is 66.7 Å². The monoisotopic (exact) mass is 306 g/mol. The topological polar surface area (TPSA) is 46.5 Å². The summed E-state index contributed by atoms with van der Waals surface area (Å²) in [6.07, 6.45) is 1.46. The second-order valence-corrected chi connectivity index (χ2v) is 5.39. The summed E-state index contributed by atoms with van der Waals surface area (Å²) in [4.78, 5) is 12.5. The van der Waals surface area contributed by atoms with E-state index in [0.29, 0.717) is 17.7 Å². The number of hydrogen-bond acceptors (Lipinski definition) is 3. The van der Waals surface area contributed by atoms with Crippen LogP contribution in [0.3, 0.4) is 0 Å². The smallest absolute Gasteiger partial charge is 0.344 e. The van der Waals surface area contributed by atoms with Crippen LogP contribution in [0.1, 0.15) is 22.3 Å². The van der Waals surface area contributed by atoms with Gasteiger partial charge in [-0.05, 0) is 47.4 Å². The number of hydrogen-bond donors (Lipinski definition) is 1. The predicted octanol–water partition coefficient (Wildman–Crippen LogP) is 3.98. The Kier molecular flexibility index (Phi) is 4.69. The third-order valence-corrected chi connectivity index (χ3v) is 3.74. The molecule has 3 aromatic carbocycles. The number of aliphatic hydroxyl groups is 1. The quantitative estimate of drug-likeness (QED) is 0.573. The minimum atomic E-state index is -0.360. The molecule has 0 bridgehead atoms. The van der Waals surface area contributed by atoms with Crippen LogP contribution < -0.4 is 4.74 Å². The number of rotatable bonds is 5. The van der Waals surface area contributed by atoms with E-state index in [1.807, 2.05) is 54.6 Å². The lowest BCUT2D eigenvalue weighted by molar-refractivity contribution is 0.0736. The van der Waals surface area contributed by atoms with E-state index in [1.54, 1.807) is 12.1 Å². The number of esters is 1. The zero-order valence-electron chi connectivity index (χ0n) is 12.7. The molecule has 0 aromatic heterocycles. The molecule has 0 heterocycles. The Morgan fingerprint density at radius 3 is 2.61 bits per heavy atom. The maximum atomic E-state index is 12.5. The van der Waals surface area contributed by atoms with Crippen molar-refractivity contribution in [2.24, 2.45) is 0 Å². The summed E-state index contributed by atoms with van der Waals surface area (Å²) < 4.78 is 5.53. The summed E-state index contributed by atoms with van der Waals surface area (Å²) in [7, 11) is 0. The van der Waals surface area contributed by atoms with Crippen molar-refractivity contribution in [2.45, 2.75) is 12.8 Å². The van der Waals surface area contributed by atoms with Crippen molar-refractivity contribution >= 4 is 16.7 Å². The molecule has 0 fully saturated rings. The van der Waals surface area contributed by atoms with E-state index in [9.17, 15) is 4.79 Å². The predicted molar refractivity (Wildman–Crippen MR) is 90.8 cm³/mol. The molecule has 0 saturated carbocycles. The first kappa shape index (κ1) is 15.3. The third kappa shape index (κ3) is 3.58. The third-order valence-electron chi connectivity index (χ3n) is 3.74. The Bertz CT molecular complexity index is 818. The largest absolute Gasteiger partial charge is 0.423 e. The van der Waals surface area contributed by atoms with Crippen molar-refractivity contribution in [3.63, 3.8) is 0 Å². The van der Waals surface area contributed by atoms with Gasteiger partial charge in [0.25, 0.3) is 0 Å². The second-order valence-electron chi connectivity index (χ2n) is 5.39. The molecule has 0 aliphatic rings. The summed E-state index contributed by atoms with van der Waals surface area (Å²) >= 11 is 0. The molecule has 0 aliphatic carbocycles. The molecule has 116 valence electrons. The van der Waals surface area contributed by atoms with Crippen molar-refractivity contribution in [1.82, 2.24) is 0 Å². The maximum absolute atomic E-state index is 12.5. The highest BCUT2D eigenvalue weighted by Gasteiger charge is 2.12. The SMILES string of the molecule is O=C(Oc1cccc(CCCO)c1)c1cccc2ccccc12. The van der Waals surface area contributed by atoms with Crippen LogP contribution in [-0.2, 0) is 6.42 Å². The first-order valence-corrected chi connectivity index (χ1v) is 7.67. The molecule has 1 N–H and O–H groups in total. The van der Waals surface area contributed by atoms with Gasteiger partial charge in [0.2, 0.25) is 0 Å². The Hall–Kier alpha value is -2.65. The van der Waals surface area contributed by atoms with E-state index in [1.165, 1.54) is 0 Å². The molecule has 0 aliphatic heterocycles. The molecule has 3 nitrogen and oxygen atoms in total. The van der Waals surface area contributed by atoms with E-state index in [2.05, 4.69) is 0 Å². The highest BCUT2D eigenvalue weighted by Crippen LogP contribution is 2.21. The van der Waals surface area contributed by atoms with Crippen molar-refractivity contribution < 1.29 is 14.6 Å². The molecule has 3 rings (SSSR count). The summed E-state index contributed by atoms with van der Waals surface area (Å²) in [6, 6.07) is 20.8. The standard InChI is InChI=1S/C20H18O3/c21-13-5-7-15-6-3-10-17(14-15)23-20(22)19-12-4-9-16-8-1-2-11-18(16)19/h1-4,6,8-12,14,21H,5,7,13H2. The van der Waals surface area contributed by atoms with Crippen LogP contribution in [-0.4, -0.2) is 17.7 Å². The fourth-order valence-corrected chi connectivity index (χ4v) is 2.61. The molecule has 0 atom stereocenters. The van der Waals surface area contributed by atoms with Gasteiger partial charge in [0.15, 0.2) is 0 Å². The van der Waals surface area contributed by atoms with E-state index in [-0.39, 0.29) is 12.6 Å². The molecule has 0 radical (unpaired) electrons. The van der Waals surface area contributed by atoms with Crippen molar-refractivity contribution in [3.05, 3.63) is 77.9 Å². The van der Waals surface area contributed by atoms with Gasteiger partial charge < -0.3 is 9.84 Å². The molecule has 23 heavy (non-hydrogen) atoms. The molecular formula is C20H18O3. The number of carbonyl (C=O) groups is 1. The van der Waals surface area contributed by atoms with Crippen LogP contribution in [0.5, 0.6) is 5.75 Å². The van der Waals surface area contributed by atoms with E-state index < -0.39 is 0 Å². The number of fused-ring (bicyclic) bond motifs is 1. The number of benzene rings is 3. The number of ether oxygens (including phenoxy) is 1. The molecule has 3 heteroatoms. The van der Waals surface area contributed by atoms with E-state index in [4.69, 9.17) is 9.84 Å². The minimum Gasteiger partial charge on any atom is -0.423 e. The lowest BCUT2D eigenvalue weighted by Gasteiger charge is -2.08. The van der Waals surface area contributed by atoms with E-state index >= 15 is 0 Å². The maximum Gasteiger partial charge on any atom is 0.344 e. The fraction of sp³-hybridized carbons (Fsp3) is 0.150. The summed E-state index contributed by atoms with van der Waals surface area (Å²) in [5.74, 6) is 0.166. The van der Waals surface area contributed by atoms with Gasteiger partial charge in [-0.1, -0.05) is 48.5 Å². The van der Waals surface area contributed by atoms with Crippen LogP contribution in [0.2, 0.25) is 0 Å². The first-order chi connectivity index (χ1) is 11.3. The van der Waals surface area contributed by atoms with E-state index in [0.717, 1.165) is 22.8 Å². The second kappa shape index (κ2) is 7.07. The summed E-state index contributed by atoms with van der Waals surface area (Å²) in [5.41, 5.74) is 1.60. The lowest BCUT2D eigenvalue weighted by atomic mass is 10.0. The Morgan fingerprint density at radius 2 is 1.74 bits per heavy atom. The van der Waals surface area contributed by atoms with Crippen molar-refractivity contribution in [3.8, 4) is 5.75 Å². The lowest BCUT2D eigenvalue weighted by Crippen LogP contribution is -2.09. The first-order valence-electron chi connectivity index (χ1n) is 7.67. The molecule has 0 spiro atoms. The summed E-state index contributed by atoms with van der Waals surface area (Å²) in [6.45, 7) is 0.153. The van der Waals surface area contributed by atoms with Crippen molar-refractivity contribution in [1.29, 1.82) is 0 Å². The Morgan fingerprint density at radius 1 is 0.957 bits per heavy atom. The fourth-order valence-electron chi connectivity index (χ4n) is 2.61. The van der Waals surface area contributed by atoms with Gasteiger partial charge in [-0.15, -0.1) is 0 Å². The van der Waals surface area contributed by atoms with Gasteiger partial charge in [-0.3, -0.25) is 0 Å². The Balaban J connectivity index is 1.83. The van der Waals surface area contributed by atoms with Crippen LogP contribution >= 0.6 is 0 Å². The van der Waals surface area contributed by atoms with Crippen LogP contribution in [0, 0.1) is 0 Å². The molecule has 0 unspecified atom stereocenters.